The van der Waals surface area contributed by atoms with Crippen molar-refractivity contribution < 1.29 is 9.53 Å². The van der Waals surface area contributed by atoms with Crippen LogP contribution in [-0.4, -0.2) is 38.8 Å². The van der Waals surface area contributed by atoms with Gasteiger partial charge in [-0.2, -0.15) is 0 Å². The highest BCUT2D eigenvalue weighted by Crippen LogP contribution is 2.03. The minimum atomic E-state index is -0.0538. The van der Waals surface area contributed by atoms with Crippen molar-refractivity contribution in [3.05, 3.63) is 0 Å². The summed E-state index contributed by atoms with van der Waals surface area (Å²) in [5, 5.41) is 6.29. The first-order valence-corrected chi connectivity index (χ1v) is 5.24. The molecule has 0 aliphatic carbocycles. The van der Waals surface area contributed by atoms with Gasteiger partial charge in [0, 0.05) is 19.7 Å². The minimum Gasteiger partial charge on any atom is -0.384 e. The third kappa shape index (κ3) is 5.35. The smallest absolute Gasteiger partial charge is 0.225 e. The lowest BCUT2D eigenvalue weighted by Gasteiger charge is -2.25. The second-order valence-electron chi connectivity index (χ2n) is 3.91. The summed E-state index contributed by atoms with van der Waals surface area (Å²) in [6.07, 6.45) is 2.22. The first-order valence-electron chi connectivity index (χ1n) is 5.24. The highest BCUT2D eigenvalue weighted by Gasteiger charge is 2.18. The van der Waals surface area contributed by atoms with Crippen LogP contribution in [0.5, 0.6) is 0 Å². The van der Waals surface area contributed by atoms with Gasteiger partial charge in [-0.15, -0.1) is 12.4 Å². The largest absolute Gasteiger partial charge is 0.384 e. The number of nitrogens with one attached hydrogen (secondary N) is 2. The maximum Gasteiger partial charge on any atom is 0.225 e. The fourth-order valence-electron chi connectivity index (χ4n) is 1.64. The van der Waals surface area contributed by atoms with Crippen molar-refractivity contribution in [1.29, 1.82) is 0 Å². The molecule has 1 unspecified atom stereocenters. The molecule has 0 spiro atoms. The molecule has 1 rings (SSSR count). The van der Waals surface area contributed by atoms with Crippen molar-refractivity contribution in [2.45, 2.75) is 25.8 Å². The SMILES string of the molecule is COCC(C)C(=O)N[C@H]1CCCNC1.Cl. The van der Waals surface area contributed by atoms with Gasteiger partial charge in [0.2, 0.25) is 5.91 Å². The summed E-state index contributed by atoms with van der Waals surface area (Å²) in [5.41, 5.74) is 0. The molecule has 4 nitrogen and oxygen atoms in total. The van der Waals surface area contributed by atoms with Crippen LogP contribution in [0.3, 0.4) is 0 Å². The van der Waals surface area contributed by atoms with Crippen molar-refractivity contribution in [3.8, 4) is 0 Å². The number of carbonyl (C=O) groups is 1. The van der Waals surface area contributed by atoms with Crippen LogP contribution in [0, 0.1) is 5.92 Å². The van der Waals surface area contributed by atoms with E-state index in [-0.39, 0.29) is 24.2 Å². The fourth-order valence-corrected chi connectivity index (χ4v) is 1.64. The van der Waals surface area contributed by atoms with Crippen LogP contribution in [0.4, 0.5) is 0 Å². The molecule has 1 aliphatic rings. The van der Waals surface area contributed by atoms with Crippen molar-refractivity contribution in [3.63, 3.8) is 0 Å². The number of methoxy groups -OCH3 is 1. The van der Waals surface area contributed by atoms with Crippen LogP contribution in [0.1, 0.15) is 19.8 Å². The van der Waals surface area contributed by atoms with E-state index >= 15 is 0 Å². The lowest BCUT2D eigenvalue weighted by molar-refractivity contribution is -0.126. The van der Waals surface area contributed by atoms with Gasteiger partial charge in [-0.3, -0.25) is 4.79 Å². The number of rotatable bonds is 4. The zero-order chi connectivity index (χ0) is 10.4. The van der Waals surface area contributed by atoms with Crippen LogP contribution in [0.25, 0.3) is 0 Å². The molecule has 0 aromatic carbocycles. The Morgan fingerprint density at radius 3 is 2.93 bits per heavy atom. The third-order valence-corrected chi connectivity index (χ3v) is 2.51. The average Bonchev–Trinajstić information content (AvgIpc) is 2.19. The number of ether oxygens (including phenoxy) is 1. The molecular weight excluding hydrogens is 216 g/mol. The van der Waals surface area contributed by atoms with Gasteiger partial charge in [0.15, 0.2) is 0 Å². The molecule has 0 bridgehead atoms. The molecule has 2 atom stereocenters. The van der Waals surface area contributed by atoms with Crippen molar-refractivity contribution >= 4 is 18.3 Å². The van der Waals surface area contributed by atoms with E-state index in [9.17, 15) is 4.79 Å². The highest BCUT2D eigenvalue weighted by molar-refractivity contribution is 5.85. The summed E-state index contributed by atoms with van der Waals surface area (Å²) in [6, 6.07) is 0.301. The van der Waals surface area contributed by atoms with Gasteiger partial charge in [0.05, 0.1) is 12.5 Å². The van der Waals surface area contributed by atoms with Crippen molar-refractivity contribution in [1.82, 2.24) is 10.6 Å². The first kappa shape index (κ1) is 14.7. The number of halogens is 1. The van der Waals surface area contributed by atoms with E-state index < -0.39 is 0 Å². The second-order valence-corrected chi connectivity index (χ2v) is 3.91. The molecule has 2 N–H and O–H groups in total. The second kappa shape index (κ2) is 7.91. The number of carbonyl (C=O) groups excluding carboxylic acids is 1. The molecular formula is C10H21ClN2O2. The quantitative estimate of drug-likeness (QED) is 0.750. The molecule has 0 aromatic heterocycles. The van der Waals surface area contributed by atoms with Gasteiger partial charge >= 0.3 is 0 Å². The van der Waals surface area contributed by atoms with Crippen LogP contribution in [0.2, 0.25) is 0 Å². The Bertz CT molecular complexity index is 184. The van der Waals surface area contributed by atoms with E-state index in [1.165, 1.54) is 0 Å². The Balaban J connectivity index is 0.00000196. The van der Waals surface area contributed by atoms with E-state index in [1.54, 1.807) is 7.11 Å². The topological polar surface area (TPSA) is 50.4 Å². The van der Waals surface area contributed by atoms with Crippen LogP contribution >= 0.6 is 12.4 Å². The lowest BCUT2D eigenvalue weighted by Crippen LogP contribution is -2.47. The Morgan fingerprint density at radius 2 is 2.40 bits per heavy atom. The zero-order valence-electron chi connectivity index (χ0n) is 9.41. The maximum absolute atomic E-state index is 11.6. The van der Waals surface area contributed by atoms with Gasteiger partial charge in [-0.1, -0.05) is 6.92 Å². The number of amides is 1. The normalized spacial score (nSPS) is 22.7. The highest BCUT2D eigenvalue weighted by atomic mass is 35.5. The van der Waals surface area contributed by atoms with E-state index in [1.807, 2.05) is 6.92 Å². The molecule has 90 valence electrons. The molecule has 1 aliphatic heterocycles. The third-order valence-electron chi connectivity index (χ3n) is 2.51. The van der Waals surface area contributed by atoms with Crippen molar-refractivity contribution in [2.75, 3.05) is 26.8 Å². The number of hydrogen-bond donors (Lipinski definition) is 2. The summed E-state index contributed by atoms with van der Waals surface area (Å²) in [7, 11) is 1.62. The van der Waals surface area contributed by atoms with Crippen LogP contribution in [0.15, 0.2) is 0 Å². The Morgan fingerprint density at radius 1 is 1.67 bits per heavy atom. The zero-order valence-corrected chi connectivity index (χ0v) is 10.2. The molecule has 15 heavy (non-hydrogen) atoms. The van der Waals surface area contributed by atoms with Gasteiger partial charge in [-0.05, 0) is 19.4 Å². The molecule has 0 saturated carbocycles. The average molecular weight is 237 g/mol. The van der Waals surface area contributed by atoms with Crippen LogP contribution < -0.4 is 10.6 Å². The minimum absolute atomic E-state index is 0. The molecule has 1 amide bonds. The predicted octanol–water partition coefficient (Wildman–Crippen LogP) is 0.559. The molecule has 1 heterocycles. The Hall–Kier alpha value is -0.320. The van der Waals surface area contributed by atoms with Gasteiger partial charge < -0.3 is 15.4 Å². The fraction of sp³-hybridized carbons (Fsp3) is 0.900. The summed E-state index contributed by atoms with van der Waals surface area (Å²) < 4.78 is 4.94. The van der Waals surface area contributed by atoms with Gasteiger partial charge in [-0.25, -0.2) is 0 Å². The van der Waals surface area contributed by atoms with Crippen molar-refractivity contribution in [2.24, 2.45) is 5.92 Å². The lowest BCUT2D eigenvalue weighted by atomic mass is 10.1. The van der Waals surface area contributed by atoms with E-state index in [2.05, 4.69) is 10.6 Å². The van der Waals surface area contributed by atoms with E-state index in [0.29, 0.717) is 12.6 Å². The molecule has 0 aromatic rings. The Kier molecular flexibility index (Phi) is 7.74. The summed E-state index contributed by atoms with van der Waals surface area (Å²) in [6.45, 7) is 4.34. The van der Waals surface area contributed by atoms with Gasteiger partial charge in [0.25, 0.3) is 0 Å². The van der Waals surface area contributed by atoms with Crippen LogP contribution in [-0.2, 0) is 9.53 Å². The summed E-state index contributed by atoms with van der Waals surface area (Å²) >= 11 is 0. The van der Waals surface area contributed by atoms with E-state index in [4.69, 9.17) is 4.74 Å². The van der Waals surface area contributed by atoms with E-state index in [0.717, 1.165) is 25.9 Å². The molecule has 0 radical (unpaired) electrons. The molecule has 5 heteroatoms. The standard InChI is InChI=1S/C10H20N2O2.ClH/c1-8(7-14-2)10(13)12-9-4-3-5-11-6-9;/h8-9,11H,3-7H2,1-2H3,(H,12,13);1H/t8?,9-;/m0./s1. The molecule has 1 fully saturated rings. The maximum atomic E-state index is 11.6. The number of hydrogen-bond acceptors (Lipinski definition) is 3. The first-order chi connectivity index (χ1) is 6.74. The summed E-state index contributed by atoms with van der Waals surface area (Å²) in [4.78, 5) is 11.6. The van der Waals surface area contributed by atoms with Gasteiger partial charge in [0.1, 0.15) is 0 Å². The Labute approximate surface area is 97.5 Å². The molecule has 1 saturated heterocycles. The summed E-state index contributed by atoms with van der Waals surface area (Å²) in [5.74, 6) is 0.0440. The predicted molar refractivity (Wildman–Crippen MR) is 62.3 cm³/mol. The monoisotopic (exact) mass is 236 g/mol. The number of piperidine rings is 1.